The molecule has 0 spiro atoms. The third-order valence-electron chi connectivity index (χ3n) is 3.95. The first-order chi connectivity index (χ1) is 12.0. The largest absolute Gasteiger partial charge is 0.352 e. The Labute approximate surface area is 152 Å². The van der Waals surface area contributed by atoms with Crippen LogP contribution in [0.5, 0.6) is 0 Å². The molecular formula is C18H19ClN2O3S. The van der Waals surface area contributed by atoms with Crippen molar-refractivity contribution in [3.8, 4) is 0 Å². The van der Waals surface area contributed by atoms with E-state index in [1.165, 1.54) is 16.4 Å². The van der Waals surface area contributed by atoms with Crippen LogP contribution in [0.15, 0.2) is 59.5 Å². The normalized spacial score (nSPS) is 14.5. The monoisotopic (exact) mass is 378 g/mol. The molecular weight excluding hydrogens is 360 g/mol. The molecule has 0 bridgehead atoms. The van der Waals surface area contributed by atoms with Gasteiger partial charge in [0.05, 0.1) is 11.4 Å². The minimum atomic E-state index is -3.81. The zero-order valence-electron chi connectivity index (χ0n) is 13.6. The molecule has 1 N–H and O–H groups in total. The van der Waals surface area contributed by atoms with Gasteiger partial charge in [0.15, 0.2) is 0 Å². The lowest BCUT2D eigenvalue weighted by Crippen LogP contribution is -2.41. The van der Waals surface area contributed by atoms with Crippen molar-refractivity contribution in [2.45, 2.75) is 30.3 Å². The van der Waals surface area contributed by atoms with Crippen LogP contribution in [0.25, 0.3) is 0 Å². The summed E-state index contributed by atoms with van der Waals surface area (Å²) in [5, 5.41) is 3.30. The molecule has 25 heavy (non-hydrogen) atoms. The number of hydrogen-bond donors (Lipinski definition) is 1. The van der Waals surface area contributed by atoms with E-state index in [0.29, 0.717) is 10.6 Å². The molecule has 0 radical (unpaired) electrons. The zero-order chi connectivity index (χ0) is 17.9. The van der Waals surface area contributed by atoms with E-state index in [0.717, 1.165) is 12.8 Å². The van der Waals surface area contributed by atoms with Crippen molar-refractivity contribution in [3.63, 3.8) is 0 Å². The molecule has 5 nitrogen and oxygen atoms in total. The fourth-order valence-corrected chi connectivity index (χ4v) is 4.04. The summed E-state index contributed by atoms with van der Waals surface area (Å²) >= 11 is 6.17. The molecule has 1 aliphatic carbocycles. The quantitative estimate of drug-likeness (QED) is 0.805. The third kappa shape index (κ3) is 4.60. The van der Waals surface area contributed by atoms with Gasteiger partial charge in [-0.1, -0.05) is 48.0 Å². The number of benzene rings is 2. The second-order valence-electron chi connectivity index (χ2n) is 6.02. The highest BCUT2D eigenvalue weighted by atomic mass is 35.5. The fourth-order valence-electron chi connectivity index (χ4n) is 2.45. The van der Waals surface area contributed by atoms with Gasteiger partial charge in [-0.05, 0) is 36.6 Å². The molecule has 0 atom stereocenters. The van der Waals surface area contributed by atoms with Gasteiger partial charge >= 0.3 is 0 Å². The van der Waals surface area contributed by atoms with Crippen LogP contribution in [-0.4, -0.2) is 31.2 Å². The molecule has 0 saturated heterocycles. The second kappa shape index (κ2) is 7.56. The predicted molar refractivity (Wildman–Crippen MR) is 96.7 cm³/mol. The van der Waals surface area contributed by atoms with Crippen molar-refractivity contribution in [1.29, 1.82) is 0 Å². The molecule has 2 aromatic carbocycles. The van der Waals surface area contributed by atoms with Gasteiger partial charge in [0.25, 0.3) is 0 Å². The number of amides is 1. The van der Waals surface area contributed by atoms with Gasteiger partial charge < -0.3 is 5.32 Å². The Hall–Kier alpha value is -1.89. The molecule has 132 valence electrons. The molecule has 1 amide bonds. The van der Waals surface area contributed by atoms with Crippen molar-refractivity contribution in [2.24, 2.45) is 0 Å². The summed E-state index contributed by atoms with van der Waals surface area (Å²) in [6, 6.07) is 15.3. The van der Waals surface area contributed by atoms with Gasteiger partial charge in [-0.3, -0.25) is 4.79 Å². The van der Waals surface area contributed by atoms with E-state index >= 15 is 0 Å². The Morgan fingerprint density at radius 3 is 2.36 bits per heavy atom. The zero-order valence-corrected chi connectivity index (χ0v) is 15.1. The molecule has 0 heterocycles. The van der Waals surface area contributed by atoms with Crippen LogP contribution in [0.3, 0.4) is 0 Å². The highest BCUT2D eigenvalue weighted by molar-refractivity contribution is 7.89. The van der Waals surface area contributed by atoms with E-state index in [-0.39, 0.29) is 29.9 Å². The minimum Gasteiger partial charge on any atom is -0.352 e. The third-order valence-corrected chi connectivity index (χ3v) is 6.12. The number of nitrogens with zero attached hydrogens (tertiary/aromatic N) is 1. The lowest BCUT2D eigenvalue weighted by atomic mass is 10.2. The maximum Gasteiger partial charge on any atom is 0.243 e. The van der Waals surface area contributed by atoms with Crippen LogP contribution < -0.4 is 5.32 Å². The molecule has 0 aliphatic heterocycles. The first-order valence-electron chi connectivity index (χ1n) is 8.05. The second-order valence-corrected chi connectivity index (χ2v) is 8.36. The van der Waals surface area contributed by atoms with Crippen molar-refractivity contribution in [1.82, 2.24) is 9.62 Å². The Morgan fingerprint density at radius 1 is 1.08 bits per heavy atom. The summed E-state index contributed by atoms with van der Waals surface area (Å²) in [7, 11) is -3.81. The van der Waals surface area contributed by atoms with Gasteiger partial charge in [-0.15, -0.1) is 0 Å². The molecule has 1 saturated carbocycles. The summed E-state index contributed by atoms with van der Waals surface area (Å²) < 4.78 is 27.1. The van der Waals surface area contributed by atoms with E-state index in [1.54, 1.807) is 42.5 Å². The number of halogens is 1. The summed E-state index contributed by atoms with van der Waals surface area (Å²) in [6.07, 6.45) is 1.89. The Morgan fingerprint density at radius 2 is 1.72 bits per heavy atom. The molecule has 0 aromatic heterocycles. The predicted octanol–water partition coefficient (Wildman–Crippen LogP) is 2.81. The van der Waals surface area contributed by atoms with Crippen LogP contribution in [0.4, 0.5) is 0 Å². The first-order valence-corrected chi connectivity index (χ1v) is 9.86. The Bertz CT molecular complexity index is 852. The van der Waals surface area contributed by atoms with Gasteiger partial charge in [-0.25, -0.2) is 8.42 Å². The molecule has 2 aromatic rings. The number of nitrogens with one attached hydrogen (secondary N) is 1. The number of sulfonamides is 1. The van der Waals surface area contributed by atoms with E-state index < -0.39 is 10.0 Å². The Kier molecular flexibility index (Phi) is 5.42. The summed E-state index contributed by atoms with van der Waals surface area (Å²) in [4.78, 5) is 12.4. The molecule has 0 unspecified atom stereocenters. The number of carbonyl (C=O) groups is 1. The smallest absolute Gasteiger partial charge is 0.243 e. The number of hydrogen-bond acceptors (Lipinski definition) is 3. The summed E-state index contributed by atoms with van der Waals surface area (Å²) in [5.41, 5.74) is 0.655. The highest BCUT2D eigenvalue weighted by Crippen LogP contribution is 2.23. The van der Waals surface area contributed by atoms with Crippen molar-refractivity contribution >= 4 is 27.5 Å². The van der Waals surface area contributed by atoms with E-state index in [1.807, 2.05) is 0 Å². The van der Waals surface area contributed by atoms with E-state index in [2.05, 4.69) is 5.32 Å². The van der Waals surface area contributed by atoms with Crippen LogP contribution in [0.1, 0.15) is 18.4 Å². The van der Waals surface area contributed by atoms with Crippen molar-refractivity contribution in [2.75, 3.05) is 6.54 Å². The minimum absolute atomic E-state index is 0.0367. The van der Waals surface area contributed by atoms with Crippen LogP contribution in [0, 0.1) is 0 Å². The standard InChI is InChI=1S/C18H19ClN2O3S/c19-17-9-5-4-6-14(17)12-21(13-18(22)20-15-10-11-15)25(23,24)16-7-2-1-3-8-16/h1-9,15H,10-13H2,(H,20,22). The number of carbonyl (C=O) groups excluding carboxylic acids is 1. The summed E-state index contributed by atoms with van der Waals surface area (Å²) in [5.74, 6) is -0.297. The topological polar surface area (TPSA) is 66.5 Å². The van der Waals surface area contributed by atoms with Gasteiger partial charge in [0, 0.05) is 17.6 Å². The number of rotatable bonds is 7. The van der Waals surface area contributed by atoms with Crippen molar-refractivity contribution in [3.05, 3.63) is 65.2 Å². The first kappa shape index (κ1) is 17.9. The van der Waals surface area contributed by atoms with Crippen LogP contribution in [-0.2, 0) is 21.4 Å². The van der Waals surface area contributed by atoms with Crippen molar-refractivity contribution < 1.29 is 13.2 Å². The van der Waals surface area contributed by atoms with E-state index in [9.17, 15) is 13.2 Å². The van der Waals surface area contributed by atoms with Crippen LogP contribution in [0.2, 0.25) is 5.02 Å². The van der Waals surface area contributed by atoms with Gasteiger partial charge in [0.2, 0.25) is 15.9 Å². The summed E-state index contributed by atoms with van der Waals surface area (Å²) in [6.45, 7) is -0.200. The SMILES string of the molecule is O=C(CN(Cc1ccccc1Cl)S(=O)(=O)c1ccccc1)NC1CC1. The molecule has 1 fully saturated rings. The van der Waals surface area contributed by atoms with Gasteiger partial charge in [-0.2, -0.15) is 4.31 Å². The molecule has 1 aliphatic rings. The Balaban J connectivity index is 1.87. The average molecular weight is 379 g/mol. The molecule has 3 rings (SSSR count). The van der Waals surface area contributed by atoms with E-state index in [4.69, 9.17) is 11.6 Å². The molecule has 7 heteroatoms. The lowest BCUT2D eigenvalue weighted by molar-refractivity contribution is -0.121. The fraction of sp³-hybridized carbons (Fsp3) is 0.278. The lowest BCUT2D eigenvalue weighted by Gasteiger charge is -2.22. The maximum absolute atomic E-state index is 13.0. The van der Waals surface area contributed by atoms with Gasteiger partial charge in [0.1, 0.15) is 0 Å². The maximum atomic E-state index is 13.0. The van der Waals surface area contributed by atoms with Crippen LogP contribution >= 0.6 is 11.6 Å². The average Bonchev–Trinajstić information content (AvgIpc) is 3.41. The highest BCUT2D eigenvalue weighted by Gasteiger charge is 2.29.